The van der Waals surface area contributed by atoms with Crippen LogP contribution < -0.4 is 9.46 Å². The quantitative estimate of drug-likeness (QED) is 0.642. The highest BCUT2D eigenvalue weighted by atomic mass is 35.5. The van der Waals surface area contributed by atoms with Gasteiger partial charge in [0, 0.05) is 6.07 Å². The van der Waals surface area contributed by atoms with E-state index in [1.165, 1.54) is 19.2 Å². The summed E-state index contributed by atoms with van der Waals surface area (Å²) in [6, 6.07) is 3.69. The minimum Gasteiger partial charge on any atom is -0.504 e. The number of hydrogen-bond acceptors (Lipinski definition) is 4. The molecular formula is C13H9ClF3NO4S. The Bertz CT molecular complexity index is 874. The molecule has 0 saturated carbocycles. The summed E-state index contributed by atoms with van der Waals surface area (Å²) < 4.78 is 71.3. The number of hydrogen-bond donors (Lipinski definition) is 2. The molecule has 0 bridgehead atoms. The Kier molecular flexibility index (Phi) is 4.62. The van der Waals surface area contributed by atoms with Gasteiger partial charge in [-0.05, 0) is 18.2 Å². The average molecular weight is 368 g/mol. The largest absolute Gasteiger partial charge is 0.504 e. The second-order valence-electron chi connectivity index (χ2n) is 4.29. The number of benzene rings is 2. The van der Waals surface area contributed by atoms with Crippen LogP contribution in [0, 0.1) is 17.5 Å². The number of sulfonamides is 1. The minimum absolute atomic E-state index is 0.0720. The normalized spacial score (nSPS) is 11.3. The van der Waals surface area contributed by atoms with E-state index >= 15 is 0 Å². The lowest BCUT2D eigenvalue weighted by Crippen LogP contribution is -2.16. The molecule has 0 aliphatic rings. The highest BCUT2D eigenvalue weighted by Crippen LogP contribution is 2.31. The smallest absolute Gasteiger partial charge is 0.265 e. The van der Waals surface area contributed by atoms with E-state index in [0.29, 0.717) is 0 Å². The van der Waals surface area contributed by atoms with E-state index in [0.717, 1.165) is 6.07 Å². The van der Waals surface area contributed by atoms with Gasteiger partial charge < -0.3 is 9.84 Å². The van der Waals surface area contributed by atoms with E-state index in [9.17, 15) is 26.7 Å². The zero-order chi connectivity index (χ0) is 17.4. The first-order chi connectivity index (χ1) is 10.7. The standard InChI is InChI=1S/C13H9ClF3NO4S/c1-22-9-3-2-6(4-8(9)19)18-23(20,21)10-5-7(15)11(14)13(17)12(10)16/h2-5,18-19H,1H3. The van der Waals surface area contributed by atoms with Gasteiger partial charge in [0.05, 0.1) is 12.8 Å². The summed E-state index contributed by atoms with van der Waals surface area (Å²) in [5.41, 5.74) is -0.168. The van der Waals surface area contributed by atoms with Gasteiger partial charge in [-0.25, -0.2) is 21.6 Å². The first-order valence-electron chi connectivity index (χ1n) is 5.90. The van der Waals surface area contributed by atoms with Crippen molar-refractivity contribution in [3.8, 4) is 11.5 Å². The molecule has 0 radical (unpaired) electrons. The van der Waals surface area contributed by atoms with E-state index < -0.39 is 37.4 Å². The summed E-state index contributed by atoms with van der Waals surface area (Å²) in [6.07, 6.45) is 0. The molecule has 2 aromatic carbocycles. The maximum Gasteiger partial charge on any atom is 0.265 e. The summed E-state index contributed by atoms with van der Waals surface area (Å²) in [5.74, 6) is -5.38. The van der Waals surface area contributed by atoms with Crippen LogP contribution in [0.2, 0.25) is 5.02 Å². The molecule has 0 spiro atoms. The molecule has 0 aliphatic carbocycles. The Morgan fingerprint density at radius 1 is 1.17 bits per heavy atom. The third-order valence-corrected chi connectivity index (χ3v) is 4.52. The van der Waals surface area contributed by atoms with Crippen molar-refractivity contribution in [3.05, 3.63) is 46.7 Å². The van der Waals surface area contributed by atoms with Crippen molar-refractivity contribution in [1.82, 2.24) is 0 Å². The Morgan fingerprint density at radius 3 is 2.39 bits per heavy atom. The molecule has 2 rings (SSSR count). The number of anilines is 1. The number of halogens is 4. The highest BCUT2D eigenvalue weighted by Gasteiger charge is 2.26. The number of methoxy groups -OCH3 is 1. The number of rotatable bonds is 4. The van der Waals surface area contributed by atoms with Gasteiger partial charge >= 0.3 is 0 Å². The minimum atomic E-state index is -4.66. The fourth-order valence-electron chi connectivity index (χ4n) is 1.71. The van der Waals surface area contributed by atoms with Gasteiger partial charge in [-0.3, -0.25) is 4.72 Å². The van der Waals surface area contributed by atoms with Crippen LogP contribution in [-0.4, -0.2) is 20.6 Å². The van der Waals surface area contributed by atoms with Crippen LogP contribution in [-0.2, 0) is 10.0 Å². The Morgan fingerprint density at radius 2 is 1.83 bits per heavy atom. The SMILES string of the molecule is COc1ccc(NS(=O)(=O)c2cc(F)c(Cl)c(F)c2F)cc1O. The lowest BCUT2D eigenvalue weighted by Gasteiger charge is -2.11. The molecule has 0 amide bonds. The van der Waals surface area contributed by atoms with Crippen LogP contribution in [0.25, 0.3) is 0 Å². The van der Waals surface area contributed by atoms with Gasteiger partial charge in [-0.1, -0.05) is 11.6 Å². The average Bonchev–Trinajstić information content (AvgIpc) is 2.48. The number of aromatic hydroxyl groups is 1. The Hall–Kier alpha value is -2.13. The van der Waals surface area contributed by atoms with Gasteiger partial charge in [-0.15, -0.1) is 0 Å². The summed E-state index contributed by atoms with van der Waals surface area (Å²) >= 11 is 5.17. The van der Waals surface area contributed by atoms with Crippen LogP contribution in [0.4, 0.5) is 18.9 Å². The van der Waals surface area contributed by atoms with Gasteiger partial charge in [0.25, 0.3) is 10.0 Å². The molecule has 0 saturated heterocycles. The van der Waals surface area contributed by atoms with Crippen molar-refractivity contribution in [1.29, 1.82) is 0 Å². The molecule has 0 unspecified atom stereocenters. The highest BCUT2D eigenvalue weighted by molar-refractivity contribution is 7.92. The lowest BCUT2D eigenvalue weighted by molar-refractivity contribution is 0.373. The van der Waals surface area contributed by atoms with Crippen molar-refractivity contribution < 1.29 is 31.4 Å². The summed E-state index contributed by atoms with van der Waals surface area (Å²) in [6.45, 7) is 0. The van der Waals surface area contributed by atoms with E-state index in [4.69, 9.17) is 16.3 Å². The van der Waals surface area contributed by atoms with E-state index in [1.54, 1.807) is 0 Å². The molecule has 0 aliphatic heterocycles. The first kappa shape index (κ1) is 17.2. The molecule has 0 atom stereocenters. The van der Waals surface area contributed by atoms with E-state index in [1.807, 2.05) is 4.72 Å². The van der Waals surface area contributed by atoms with E-state index in [2.05, 4.69) is 0 Å². The molecular weight excluding hydrogens is 359 g/mol. The lowest BCUT2D eigenvalue weighted by atomic mass is 10.3. The first-order valence-corrected chi connectivity index (χ1v) is 7.76. The van der Waals surface area contributed by atoms with Crippen molar-refractivity contribution in [3.63, 3.8) is 0 Å². The fourth-order valence-corrected chi connectivity index (χ4v) is 2.98. The molecule has 124 valence electrons. The molecule has 23 heavy (non-hydrogen) atoms. The summed E-state index contributed by atoms with van der Waals surface area (Å²) in [5, 5.41) is 8.42. The topological polar surface area (TPSA) is 75.6 Å². The predicted molar refractivity (Wildman–Crippen MR) is 76.8 cm³/mol. The van der Waals surface area contributed by atoms with Crippen LogP contribution in [0.3, 0.4) is 0 Å². The van der Waals surface area contributed by atoms with Gasteiger partial charge in [0.1, 0.15) is 15.7 Å². The molecule has 0 aromatic heterocycles. The van der Waals surface area contributed by atoms with Gasteiger partial charge in [0.2, 0.25) is 0 Å². The molecule has 10 heteroatoms. The van der Waals surface area contributed by atoms with Crippen LogP contribution in [0.5, 0.6) is 11.5 Å². The zero-order valence-electron chi connectivity index (χ0n) is 11.4. The van der Waals surface area contributed by atoms with Gasteiger partial charge in [0.15, 0.2) is 23.1 Å². The number of phenols is 1. The van der Waals surface area contributed by atoms with Crippen molar-refractivity contribution in [2.24, 2.45) is 0 Å². The van der Waals surface area contributed by atoms with Crippen LogP contribution in [0.15, 0.2) is 29.2 Å². The third kappa shape index (κ3) is 3.30. The molecule has 0 fully saturated rings. The van der Waals surface area contributed by atoms with Crippen LogP contribution >= 0.6 is 11.6 Å². The monoisotopic (exact) mass is 367 g/mol. The van der Waals surface area contributed by atoms with Crippen molar-refractivity contribution in [2.45, 2.75) is 4.90 Å². The summed E-state index contributed by atoms with van der Waals surface area (Å²) in [7, 11) is -3.37. The Labute approximate surface area is 134 Å². The number of ether oxygens (including phenoxy) is 1. The summed E-state index contributed by atoms with van der Waals surface area (Å²) in [4.78, 5) is -1.26. The van der Waals surface area contributed by atoms with Crippen molar-refractivity contribution in [2.75, 3.05) is 11.8 Å². The number of nitrogens with one attached hydrogen (secondary N) is 1. The maximum absolute atomic E-state index is 13.7. The number of phenolic OH excluding ortho intramolecular Hbond substituents is 1. The second kappa shape index (κ2) is 6.17. The fraction of sp³-hybridized carbons (Fsp3) is 0.0769. The zero-order valence-corrected chi connectivity index (χ0v) is 13.0. The maximum atomic E-state index is 13.7. The molecule has 2 N–H and O–H groups in total. The molecule has 0 heterocycles. The Balaban J connectivity index is 2.46. The molecule has 5 nitrogen and oxygen atoms in total. The van der Waals surface area contributed by atoms with E-state index in [-0.39, 0.29) is 23.3 Å². The van der Waals surface area contributed by atoms with Crippen LogP contribution in [0.1, 0.15) is 0 Å². The predicted octanol–water partition coefficient (Wildman–Crippen LogP) is 3.27. The second-order valence-corrected chi connectivity index (χ2v) is 6.32. The molecule has 2 aromatic rings. The van der Waals surface area contributed by atoms with Gasteiger partial charge in [-0.2, -0.15) is 0 Å². The van der Waals surface area contributed by atoms with Crippen molar-refractivity contribution >= 4 is 27.3 Å². The third-order valence-electron chi connectivity index (χ3n) is 2.79.